The highest BCUT2D eigenvalue weighted by Gasteiger charge is 2.46. The number of anilines is 1. The number of hydrogen-bond acceptors (Lipinski definition) is 5. The monoisotopic (exact) mass is 318 g/mol. The summed E-state index contributed by atoms with van der Waals surface area (Å²) in [5.74, 6) is -0.0295. The van der Waals surface area contributed by atoms with Crippen LogP contribution in [0.1, 0.15) is 19.3 Å². The predicted molar refractivity (Wildman–Crippen MR) is 85.0 cm³/mol. The maximum absolute atomic E-state index is 12.0. The standard InChI is InChI=1S/C16H22N4O3/c1-19-11-16(23-15(19)22)6-3-8-20(12-16)9-5-14(21)18-13-4-2-7-17-10-13/h2,4,7,10H,3,5-6,8-9,11-12H2,1H3,(H,18,21). The topological polar surface area (TPSA) is 74.8 Å². The molecule has 0 aromatic carbocycles. The number of likely N-dealkylation sites (tertiary alicyclic amines) is 1. The second-order valence-electron chi connectivity index (χ2n) is 6.33. The van der Waals surface area contributed by atoms with Crippen molar-refractivity contribution >= 4 is 17.7 Å². The van der Waals surface area contributed by atoms with Gasteiger partial charge in [0.05, 0.1) is 18.4 Å². The number of rotatable bonds is 4. The van der Waals surface area contributed by atoms with Crippen molar-refractivity contribution in [2.75, 3.05) is 38.5 Å². The zero-order chi connectivity index (χ0) is 16.3. The molecule has 7 nitrogen and oxygen atoms in total. The number of amides is 2. The third-order valence-electron chi connectivity index (χ3n) is 4.36. The Kier molecular flexibility index (Phi) is 4.47. The van der Waals surface area contributed by atoms with Gasteiger partial charge in [0, 0.05) is 32.8 Å². The van der Waals surface area contributed by atoms with Gasteiger partial charge in [-0.05, 0) is 31.5 Å². The van der Waals surface area contributed by atoms with Gasteiger partial charge in [0.2, 0.25) is 5.91 Å². The molecular formula is C16H22N4O3. The molecule has 23 heavy (non-hydrogen) atoms. The highest BCUT2D eigenvalue weighted by atomic mass is 16.6. The molecule has 2 aliphatic heterocycles. The number of carbonyl (C=O) groups excluding carboxylic acids is 2. The van der Waals surface area contributed by atoms with E-state index in [0.717, 1.165) is 19.4 Å². The Balaban J connectivity index is 1.49. The number of piperidine rings is 1. The van der Waals surface area contributed by atoms with Crippen molar-refractivity contribution in [1.29, 1.82) is 0 Å². The molecule has 0 saturated carbocycles. The molecule has 0 bridgehead atoms. The van der Waals surface area contributed by atoms with Crippen molar-refractivity contribution in [3.05, 3.63) is 24.5 Å². The zero-order valence-electron chi connectivity index (χ0n) is 13.3. The SMILES string of the molecule is CN1CC2(CCCN(CCC(=O)Nc3cccnc3)C2)OC1=O. The number of nitrogens with zero attached hydrogens (tertiary/aromatic N) is 3. The summed E-state index contributed by atoms with van der Waals surface area (Å²) in [5.41, 5.74) is 0.308. The maximum atomic E-state index is 12.0. The molecule has 124 valence electrons. The molecule has 0 aliphatic carbocycles. The van der Waals surface area contributed by atoms with Gasteiger partial charge in [-0.25, -0.2) is 4.79 Å². The van der Waals surface area contributed by atoms with Crippen LogP contribution in [0.4, 0.5) is 10.5 Å². The predicted octanol–water partition coefficient (Wildman–Crippen LogP) is 1.33. The van der Waals surface area contributed by atoms with E-state index < -0.39 is 5.60 Å². The smallest absolute Gasteiger partial charge is 0.410 e. The minimum absolute atomic E-state index is 0.0295. The van der Waals surface area contributed by atoms with Crippen LogP contribution in [0, 0.1) is 0 Å². The number of carbonyl (C=O) groups is 2. The summed E-state index contributed by atoms with van der Waals surface area (Å²) in [4.78, 5) is 31.5. The van der Waals surface area contributed by atoms with E-state index in [1.807, 2.05) is 6.07 Å². The Morgan fingerprint density at radius 1 is 1.48 bits per heavy atom. The first-order valence-electron chi connectivity index (χ1n) is 7.93. The molecule has 3 heterocycles. The van der Waals surface area contributed by atoms with Crippen LogP contribution in [0.15, 0.2) is 24.5 Å². The van der Waals surface area contributed by atoms with Crippen LogP contribution in [-0.2, 0) is 9.53 Å². The molecule has 1 aromatic rings. The molecule has 2 amide bonds. The van der Waals surface area contributed by atoms with E-state index in [4.69, 9.17) is 4.74 Å². The summed E-state index contributed by atoms with van der Waals surface area (Å²) >= 11 is 0. The highest BCUT2D eigenvalue weighted by molar-refractivity contribution is 5.90. The largest absolute Gasteiger partial charge is 0.440 e. The van der Waals surface area contributed by atoms with Gasteiger partial charge in [-0.15, -0.1) is 0 Å². The van der Waals surface area contributed by atoms with E-state index in [1.165, 1.54) is 0 Å². The zero-order valence-corrected chi connectivity index (χ0v) is 13.3. The van der Waals surface area contributed by atoms with Crippen LogP contribution in [0.5, 0.6) is 0 Å². The van der Waals surface area contributed by atoms with E-state index in [2.05, 4.69) is 15.2 Å². The fourth-order valence-corrected chi connectivity index (χ4v) is 3.31. The van der Waals surface area contributed by atoms with Crippen molar-refractivity contribution < 1.29 is 14.3 Å². The highest BCUT2D eigenvalue weighted by Crippen LogP contribution is 2.31. The number of hydrogen-bond donors (Lipinski definition) is 1. The summed E-state index contributed by atoms with van der Waals surface area (Å²) < 4.78 is 5.57. The number of nitrogens with one attached hydrogen (secondary N) is 1. The Labute approximate surface area is 135 Å². The van der Waals surface area contributed by atoms with E-state index in [1.54, 1.807) is 30.4 Å². The fraction of sp³-hybridized carbons (Fsp3) is 0.562. The van der Waals surface area contributed by atoms with Gasteiger partial charge in [-0.3, -0.25) is 14.7 Å². The molecule has 2 saturated heterocycles. The van der Waals surface area contributed by atoms with Crippen LogP contribution < -0.4 is 5.32 Å². The molecule has 0 radical (unpaired) electrons. The number of likely N-dealkylation sites (N-methyl/N-ethyl adjacent to an activating group) is 1. The average molecular weight is 318 g/mol. The van der Waals surface area contributed by atoms with Gasteiger partial charge in [-0.2, -0.15) is 0 Å². The molecule has 1 aromatic heterocycles. The first-order valence-corrected chi connectivity index (χ1v) is 7.93. The van der Waals surface area contributed by atoms with Gasteiger partial charge < -0.3 is 15.0 Å². The molecule has 3 rings (SSSR count). The van der Waals surface area contributed by atoms with E-state index in [0.29, 0.717) is 31.7 Å². The second kappa shape index (κ2) is 6.54. The Morgan fingerprint density at radius 3 is 3.04 bits per heavy atom. The van der Waals surface area contributed by atoms with Crippen LogP contribution >= 0.6 is 0 Å². The van der Waals surface area contributed by atoms with Crippen molar-refractivity contribution in [3.8, 4) is 0 Å². The Morgan fingerprint density at radius 2 is 2.35 bits per heavy atom. The third kappa shape index (κ3) is 3.79. The fourth-order valence-electron chi connectivity index (χ4n) is 3.31. The maximum Gasteiger partial charge on any atom is 0.410 e. The van der Waals surface area contributed by atoms with Crippen molar-refractivity contribution in [2.24, 2.45) is 0 Å². The Hall–Kier alpha value is -2.15. The second-order valence-corrected chi connectivity index (χ2v) is 6.33. The molecule has 1 N–H and O–H groups in total. The van der Waals surface area contributed by atoms with Crippen LogP contribution in [-0.4, -0.2) is 65.6 Å². The number of pyridine rings is 1. The first-order chi connectivity index (χ1) is 11.1. The van der Waals surface area contributed by atoms with Gasteiger partial charge in [0.25, 0.3) is 0 Å². The first kappa shape index (κ1) is 15.7. The third-order valence-corrected chi connectivity index (χ3v) is 4.36. The van der Waals surface area contributed by atoms with E-state index in [9.17, 15) is 9.59 Å². The average Bonchev–Trinajstić information content (AvgIpc) is 2.80. The molecule has 1 spiro atoms. The van der Waals surface area contributed by atoms with Gasteiger partial charge in [0.15, 0.2) is 0 Å². The minimum Gasteiger partial charge on any atom is -0.440 e. The summed E-state index contributed by atoms with van der Waals surface area (Å²) in [6, 6.07) is 3.60. The van der Waals surface area contributed by atoms with E-state index >= 15 is 0 Å². The van der Waals surface area contributed by atoms with E-state index in [-0.39, 0.29) is 12.0 Å². The van der Waals surface area contributed by atoms with Gasteiger partial charge in [0.1, 0.15) is 5.60 Å². The molecule has 1 unspecified atom stereocenters. The molecular weight excluding hydrogens is 296 g/mol. The van der Waals surface area contributed by atoms with Gasteiger partial charge in [-0.1, -0.05) is 0 Å². The number of ether oxygens (including phenoxy) is 1. The van der Waals surface area contributed by atoms with Crippen LogP contribution in [0.2, 0.25) is 0 Å². The lowest BCUT2D eigenvalue weighted by Crippen LogP contribution is -2.50. The van der Waals surface area contributed by atoms with Crippen LogP contribution in [0.3, 0.4) is 0 Å². The molecule has 1 atom stereocenters. The lowest BCUT2D eigenvalue weighted by Gasteiger charge is -2.38. The normalized spacial score (nSPS) is 24.7. The van der Waals surface area contributed by atoms with Gasteiger partial charge >= 0.3 is 6.09 Å². The lowest BCUT2D eigenvalue weighted by molar-refractivity contribution is -0.116. The van der Waals surface area contributed by atoms with Crippen molar-refractivity contribution in [1.82, 2.24) is 14.8 Å². The molecule has 7 heteroatoms. The Bertz CT molecular complexity index is 580. The van der Waals surface area contributed by atoms with Crippen LogP contribution in [0.25, 0.3) is 0 Å². The number of aromatic nitrogens is 1. The summed E-state index contributed by atoms with van der Waals surface area (Å²) in [5, 5.41) is 2.83. The molecule has 2 aliphatic rings. The summed E-state index contributed by atoms with van der Waals surface area (Å²) in [6.07, 6.45) is 5.33. The minimum atomic E-state index is -0.399. The summed E-state index contributed by atoms with van der Waals surface area (Å²) in [6.45, 7) is 2.92. The summed E-state index contributed by atoms with van der Waals surface area (Å²) in [7, 11) is 1.76. The lowest BCUT2D eigenvalue weighted by atomic mass is 9.92. The quantitative estimate of drug-likeness (QED) is 0.906. The van der Waals surface area contributed by atoms with Crippen molar-refractivity contribution in [3.63, 3.8) is 0 Å². The van der Waals surface area contributed by atoms with Crippen molar-refractivity contribution in [2.45, 2.75) is 24.9 Å². The molecule has 2 fully saturated rings.